The maximum Gasteiger partial charge on any atom is 0.254 e. The van der Waals surface area contributed by atoms with E-state index < -0.39 is 5.82 Å². The first-order valence-corrected chi connectivity index (χ1v) is 5.47. The topological polar surface area (TPSA) is 29.1 Å². The number of carbonyl (C=O) groups excluding carboxylic acids is 1. The largest absolute Gasteiger partial charge is 0.350 e. The van der Waals surface area contributed by atoms with Gasteiger partial charge in [-0.1, -0.05) is 15.9 Å². The van der Waals surface area contributed by atoms with Crippen LogP contribution in [0.2, 0.25) is 0 Å². The van der Waals surface area contributed by atoms with Crippen LogP contribution >= 0.6 is 15.9 Å². The van der Waals surface area contributed by atoms with E-state index in [0.29, 0.717) is 4.47 Å². The quantitative estimate of drug-likeness (QED) is 0.882. The van der Waals surface area contributed by atoms with Crippen molar-refractivity contribution in [3.05, 3.63) is 33.5 Å². The van der Waals surface area contributed by atoms with Crippen molar-refractivity contribution in [3.63, 3.8) is 0 Å². The first-order valence-electron chi connectivity index (χ1n) is 4.68. The zero-order valence-electron chi connectivity index (χ0n) is 8.90. The van der Waals surface area contributed by atoms with E-state index in [1.807, 2.05) is 20.8 Å². The smallest absolute Gasteiger partial charge is 0.254 e. The number of rotatable bonds is 2. The van der Waals surface area contributed by atoms with Crippen LogP contribution in [-0.4, -0.2) is 11.9 Å². The SMILES string of the molecule is Cc1cc(C(=O)NC(C)C)c(F)cc1Br. The standard InChI is InChI=1S/C11H13BrFNO/c1-6(2)14-11(15)8-4-7(3)9(12)5-10(8)13/h4-6H,1-3H3,(H,14,15). The van der Waals surface area contributed by atoms with Gasteiger partial charge in [0.05, 0.1) is 5.56 Å². The fourth-order valence-corrected chi connectivity index (χ4v) is 1.49. The highest BCUT2D eigenvalue weighted by Crippen LogP contribution is 2.20. The third-order valence-electron chi connectivity index (χ3n) is 1.91. The van der Waals surface area contributed by atoms with Gasteiger partial charge in [0.15, 0.2) is 0 Å². The van der Waals surface area contributed by atoms with Gasteiger partial charge in [-0.25, -0.2) is 4.39 Å². The van der Waals surface area contributed by atoms with E-state index in [1.54, 1.807) is 0 Å². The van der Waals surface area contributed by atoms with Crippen molar-refractivity contribution in [2.45, 2.75) is 26.8 Å². The van der Waals surface area contributed by atoms with E-state index in [-0.39, 0.29) is 17.5 Å². The van der Waals surface area contributed by atoms with Crippen molar-refractivity contribution in [2.75, 3.05) is 0 Å². The van der Waals surface area contributed by atoms with Gasteiger partial charge in [-0.3, -0.25) is 4.79 Å². The number of benzene rings is 1. The van der Waals surface area contributed by atoms with Crippen LogP contribution in [0.5, 0.6) is 0 Å². The van der Waals surface area contributed by atoms with E-state index in [4.69, 9.17) is 0 Å². The number of carbonyl (C=O) groups is 1. The molecule has 0 atom stereocenters. The molecule has 0 bridgehead atoms. The van der Waals surface area contributed by atoms with Crippen molar-refractivity contribution in [1.29, 1.82) is 0 Å². The van der Waals surface area contributed by atoms with Crippen LogP contribution in [0, 0.1) is 12.7 Å². The summed E-state index contributed by atoms with van der Waals surface area (Å²) in [4.78, 5) is 11.6. The first-order chi connectivity index (χ1) is 6.91. The lowest BCUT2D eigenvalue weighted by molar-refractivity contribution is 0.0939. The van der Waals surface area contributed by atoms with Crippen molar-refractivity contribution < 1.29 is 9.18 Å². The molecule has 0 aliphatic rings. The molecule has 2 nitrogen and oxygen atoms in total. The Morgan fingerprint density at radius 1 is 1.47 bits per heavy atom. The van der Waals surface area contributed by atoms with Crippen molar-refractivity contribution in [1.82, 2.24) is 5.32 Å². The summed E-state index contributed by atoms with van der Waals surface area (Å²) in [6.07, 6.45) is 0. The highest BCUT2D eigenvalue weighted by molar-refractivity contribution is 9.10. The van der Waals surface area contributed by atoms with Gasteiger partial charge in [0, 0.05) is 10.5 Å². The minimum atomic E-state index is -0.509. The zero-order valence-corrected chi connectivity index (χ0v) is 10.5. The summed E-state index contributed by atoms with van der Waals surface area (Å²) in [5, 5.41) is 2.65. The Bertz CT molecular complexity index is 390. The highest BCUT2D eigenvalue weighted by atomic mass is 79.9. The summed E-state index contributed by atoms with van der Waals surface area (Å²) in [5.74, 6) is -0.885. The number of aryl methyl sites for hydroxylation is 1. The number of hydrogen-bond acceptors (Lipinski definition) is 1. The van der Waals surface area contributed by atoms with E-state index in [9.17, 15) is 9.18 Å². The van der Waals surface area contributed by atoms with Gasteiger partial charge in [0.1, 0.15) is 5.82 Å². The molecule has 4 heteroatoms. The second kappa shape index (κ2) is 4.75. The van der Waals surface area contributed by atoms with Crippen molar-refractivity contribution in [3.8, 4) is 0 Å². The summed E-state index contributed by atoms with van der Waals surface area (Å²) in [6, 6.07) is 2.85. The summed E-state index contributed by atoms with van der Waals surface area (Å²) >= 11 is 3.21. The van der Waals surface area contributed by atoms with Crippen molar-refractivity contribution in [2.24, 2.45) is 0 Å². The molecule has 0 saturated heterocycles. The van der Waals surface area contributed by atoms with Crippen LogP contribution in [0.1, 0.15) is 29.8 Å². The third kappa shape index (κ3) is 3.02. The fourth-order valence-electron chi connectivity index (χ4n) is 1.17. The first kappa shape index (κ1) is 12.2. The molecule has 1 amide bonds. The molecule has 0 fully saturated rings. The highest BCUT2D eigenvalue weighted by Gasteiger charge is 2.14. The molecule has 0 unspecified atom stereocenters. The third-order valence-corrected chi connectivity index (χ3v) is 2.77. The average Bonchev–Trinajstić information content (AvgIpc) is 2.09. The molecule has 0 aliphatic heterocycles. The lowest BCUT2D eigenvalue weighted by Crippen LogP contribution is -2.30. The maximum absolute atomic E-state index is 13.4. The molecule has 0 saturated carbocycles. The van der Waals surface area contributed by atoms with Crippen LogP contribution in [0.25, 0.3) is 0 Å². The van der Waals surface area contributed by atoms with E-state index in [1.165, 1.54) is 12.1 Å². The Labute approximate surface area is 97.0 Å². The Hall–Kier alpha value is -0.900. The molecule has 1 N–H and O–H groups in total. The summed E-state index contributed by atoms with van der Waals surface area (Å²) in [6.45, 7) is 5.48. The number of hydrogen-bond donors (Lipinski definition) is 1. The van der Waals surface area contributed by atoms with E-state index >= 15 is 0 Å². The molecule has 0 radical (unpaired) electrons. The summed E-state index contributed by atoms with van der Waals surface area (Å²) < 4.78 is 14.1. The molecule has 82 valence electrons. The van der Waals surface area contributed by atoms with E-state index in [2.05, 4.69) is 21.2 Å². The second-order valence-electron chi connectivity index (χ2n) is 3.71. The summed E-state index contributed by atoms with van der Waals surface area (Å²) in [5.41, 5.74) is 0.926. The molecule has 0 aromatic heterocycles. The van der Waals surface area contributed by atoms with Gasteiger partial charge < -0.3 is 5.32 Å². The van der Waals surface area contributed by atoms with Crippen LogP contribution in [-0.2, 0) is 0 Å². The van der Waals surface area contributed by atoms with Gasteiger partial charge >= 0.3 is 0 Å². The lowest BCUT2D eigenvalue weighted by atomic mass is 10.1. The van der Waals surface area contributed by atoms with Crippen molar-refractivity contribution >= 4 is 21.8 Å². The Morgan fingerprint density at radius 2 is 2.07 bits per heavy atom. The predicted molar refractivity (Wildman–Crippen MR) is 61.4 cm³/mol. The minimum Gasteiger partial charge on any atom is -0.350 e. The summed E-state index contributed by atoms with van der Waals surface area (Å²) in [7, 11) is 0. The van der Waals surface area contributed by atoms with Gasteiger partial charge in [0.2, 0.25) is 0 Å². The monoisotopic (exact) mass is 273 g/mol. The predicted octanol–water partition coefficient (Wildman–Crippen LogP) is 3.03. The molecule has 1 rings (SSSR count). The van der Waals surface area contributed by atoms with Gasteiger partial charge in [-0.05, 0) is 38.5 Å². The Morgan fingerprint density at radius 3 is 2.60 bits per heavy atom. The second-order valence-corrected chi connectivity index (χ2v) is 4.56. The molecular formula is C11H13BrFNO. The fraction of sp³-hybridized carbons (Fsp3) is 0.364. The Balaban J connectivity index is 3.04. The molecule has 15 heavy (non-hydrogen) atoms. The molecule has 0 heterocycles. The minimum absolute atomic E-state index is 0.000790. The normalized spacial score (nSPS) is 10.5. The molecule has 1 aromatic carbocycles. The molecule has 1 aromatic rings. The van der Waals surface area contributed by atoms with Gasteiger partial charge in [-0.15, -0.1) is 0 Å². The molecular weight excluding hydrogens is 261 g/mol. The number of halogens is 2. The van der Waals surface area contributed by atoms with Gasteiger partial charge in [0.25, 0.3) is 5.91 Å². The Kier molecular flexibility index (Phi) is 3.85. The number of amides is 1. The average molecular weight is 274 g/mol. The lowest BCUT2D eigenvalue weighted by Gasteiger charge is -2.10. The van der Waals surface area contributed by atoms with Crippen LogP contribution in [0.15, 0.2) is 16.6 Å². The van der Waals surface area contributed by atoms with E-state index in [0.717, 1.165) is 5.56 Å². The maximum atomic E-state index is 13.4. The molecule has 0 spiro atoms. The van der Waals surface area contributed by atoms with Crippen LogP contribution in [0.4, 0.5) is 4.39 Å². The zero-order chi connectivity index (χ0) is 11.6. The number of nitrogens with one attached hydrogen (secondary N) is 1. The van der Waals surface area contributed by atoms with Crippen LogP contribution < -0.4 is 5.32 Å². The van der Waals surface area contributed by atoms with Gasteiger partial charge in [-0.2, -0.15) is 0 Å². The molecule has 0 aliphatic carbocycles. The van der Waals surface area contributed by atoms with Crippen LogP contribution in [0.3, 0.4) is 0 Å².